The van der Waals surface area contributed by atoms with Crippen molar-refractivity contribution >= 4 is 5.97 Å². The van der Waals surface area contributed by atoms with Crippen molar-refractivity contribution in [1.29, 1.82) is 0 Å². The number of halogens is 3. The highest BCUT2D eigenvalue weighted by Gasteiger charge is 2.31. The lowest BCUT2D eigenvalue weighted by atomic mass is 9.95. The third-order valence-electron chi connectivity index (χ3n) is 3.20. The Kier molecular flexibility index (Phi) is 9.61. The standard InChI is InChI=1S/C14H26F3NO3/c1-3-9-18-13(2,12(19)20)7-4-5-10-21-11-6-8-14(15,16)17/h18H,3-11H2,1-2H3,(H,19,20). The lowest BCUT2D eigenvalue weighted by Crippen LogP contribution is -2.49. The first-order valence-electron chi connectivity index (χ1n) is 7.34. The van der Waals surface area contributed by atoms with Gasteiger partial charge < -0.3 is 15.2 Å². The SMILES string of the molecule is CCCNC(C)(CCCCOCCCC(F)(F)F)C(=O)O. The van der Waals surface area contributed by atoms with Crippen molar-refractivity contribution in [3.05, 3.63) is 0 Å². The molecule has 0 bridgehead atoms. The molecule has 4 nitrogen and oxygen atoms in total. The molecule has 1 atom stereocenters. The molecule has 0 spiro atoms. The van der Waals surface area contributed by atoms with E-state index in [0.717, 1.165) is 6.42 Å². The van der Waals surface area contributed by atoms with E-state index >= 15 is 0 Å². The van der Waals surface area contributed by atoms with Gasteiger partial charge in [-0.15, -0.1) is 0 Å². The number of ether oxygens (including phenoxy) is 1. The molecular weight excluding hydrogens is 287 g/mol. The van der Waals surface area contributed by atoms with E-state index in [1.165, 1.54) is 0 Å². The van der Waals surface area contributed by atoms with Crippen LogP contribution in [0.15, 0.2) is 0 Å². The zero-order valence-electron chi connectivity index (χ0n) is 12.8. The first kappa shape index (κ1) is 20.2. The molecule has 21 heavy (non-hydrogen) atoms. The van der Waals surface area contributed by atoms with Gasteiger partial charge in [0.15, 0.2) is 0 Å². The van der Waals surface area contributed by atoms with Gasteiger partial charge >= 0.3 is 12.1 Å². The first-order valence-corrected chi connectivity index (χ1v) is 7.34. The number of carboxylic acids is 1. The predicted molar refractivity (Wildman–Crippen MR) is 74.3 cm³/mol. The Morgan fingerprint density at radius 2 is 1.76 bits per heavy atom. The summed E-state index contributed by atoms with van der Waals surface area (Å²) in [5, 5.41) is 12.2. The third-order valence-corrected chi connectivity index (χ3v) is 3.20. The fourth-order valence-corrected chi connectivity index (χ4v) is 1.83. The average Bonchev–Trinajstić information content (AvgIpc) is 2.38. The molecule has 0 aromatic heterocycles. The zero-order valence-corrected chi connectivity index (χ0v) is 12.8. The molecule has 0 aromatic rings. The molecule has 0 aliphatic carbocycles. The number of carbonyl (C=O) groups is 1. The number of unbranched alkanes of at least 4 members (excludes halogenated alkanes) is 1. The monoisotopic (exact) mass is 313 g/mol. The van der Waals surface area contributed by atoms with Gasteiger partial charge in [-0.3, -0.25) is 4.79 Å². The van der Waals surface area contributed by atoms with E-state index in [0.29, 0.717) is 32.4 Å². The van der Waals surface area contributed by atoms with E-state index in [1.807, 2.05) is 6.92 Å². The summed E-state index contributed by atoms with van der Waals surface area (Å²) in [7, 11) is 0. The van der Waals surface area contributed by atoms with Crippen LogP contribution >= 0.6 is 0 Å². The lowest BCUT2D eigenvalue weighted by Gasteiger charge is -2.26. The Labute approximate surface area is 124 Å². The fraction of sp³-hybridized carbons (Fsp3) is 0.929. The summed E-state index contributed by atoms with van der Waals surface area (Å²) < 4.78 is 40.7. The Morgan fingerprint density at radius 1 is 1.14 bits per heavy atom. The van der Waals surface area contributed by atoms with Gasteiger partial charge in [-0.1, -0.05) is 6.92 Å². The van der Waals surface area contributed by atoms with Gasteiger partial charge in [0.1, 0.15) is 5.54 Å². The van der Waals surface area contributed by atoms with Crippen LogP contribution in [0, 0.1) is 0 Å². The van der Waals surface area contributed by atoms with Crippen LogP contribution in [0.4, 0.5) is 13.2 Å². The van der Waals surface area contributed by atoms with Crippen LogP contribution in [0.3, 0.4) is 0 Å². The highest BCUT2D eigenvalue weighted by Crippen LogP contribution is 2.21. The van der Waals surface area contributed by atoms with E-state index < -0.39 is 24.1 Å². The Bertz CT molecular complexity index is 298. The molecule has 0 amide bonds. The summed E-state index contributed by atoms with van der Waals surface area (Å²) in [4.78, 5) is 11.2. The van der Waals surface area contributed by atoms with Crippen molar-refractivity contribution < 1.29 is 27.8 Å². The molecule has 7 heteroatoms. The Morgan fingerprint density at radius 3 is 2.29 bits per heavy atom. The summed E-state index contributed by atoms with van der Waals surface area (Å²) in [6.07, 6.45) is -2.38. The number of aliphatic carboxylic acids is 1. The molecule has 0 aliphatic heterocycles. The summed E-state index contributed by atoms with van der Waals surface area (Å²) in [6.45, 7) is 4.70. The molecule has 0 saturated carbocycles. The lowest BCUT2D eigenvalue weighted by molar-refractivity contribution is -0.144. The topological polar surface area (TPSA) is 58.6 Å². The zero-order chi connectivity index (χ0) is 16.4. The fourth-order valence-electron chi connectivity index (χ4n) is 1.83. The summed E-state index contributed by atoms with van der Waals surface area (Å²) in [6, 6.07) is 0. The number of rotatable bonds is 12. The minimum atomic E-state index is -4.13. The van der Waals surface area contributed by atoms with Gasteiger partial charge in [0.2, 0.25) is 0 Å². The van der Waals surface area contributed by atoms with Crippen LogP contribution in [0.25, 0.3) is 0 Å². The molecule has 2 N–H and O–H groups in total. The summed E-state index contributed by atoms with van der Waals surface area (Å²) in [5.41, 5.74) is -0.952. The van der Waals surface area contributed by atoms with Crippen molar-refractivity contribution in [3.8, 4) is 0 Å². The summed E-state index contributed by atoms with van der Waals surface area (Å²) >= 11 is 0. The second kappa shape index (κ2) is 10.00. The van der Waals surface area contributed by atoms with E-state index in [4.69, 9.17) is 4.74 Å². The molecule has 126 valence electrons. The summed E-state index contributed by atoms with van der Waals surface area (Å²) in [5.74, 6) is -0.887. The normalized spacial score (nSPS) is 14.9. The minimum absolute atomic E-state index is 0.0333. The van der Waals surface area contributed by atoms with Crippen LogP contribution in [-0.4, -0.2) is 42.5 Å². The maximum atomic E-state index is 11.9. The first-order chi connectivity index (χ1) is 9.71. The van der Waals surface area contributed by atoms with Crippen molar-refractivity contribution in [2.75, 3.05) is 19.8 Å². The van der Waals surface area contributed by atoms with Crippen molar-refractivity contribution in [2.24, 2.45) is 0 Å². The van der Waals surface area contributed by atoms with Gasteiger partial charge in [0, 0.05) is 19.6 Å². The highest BCUT2D eigenvalue weighted by atomic mass is 19.4. The Balaban J connectivity index is 3.70. The molecule has 0 saturated heterocycles. The van der Waals surface area contributed by atoms with Gasteiger partial charge in [-0.25, -0.2) is 0 Å². The smallest absolute Gasteiger partial charge is 0.389 e. The molecule has 0 aromatic carbocycles. The molecule has 0 rings (SSSR count). The van der Waals surface area contributed by atoms with Crippen LogP contribution in [0.5, 0.6) is 0 Å². The second-order valence-corrected chi connectivity index (χ2v) is 5.35. The third kappa shape index (κ3) is 10.5. The average molecular weight is 313 g/mol. The quantitative estimate of drug-likeness (QED) is 0.542. The van der Waals surface area contributed by atoms with Crippen molar-refractivity contribution in [1.82, 2.24) is 5.32 Å². The number of carboxylic acid groups (broad SMARTS) is 1. The van der Waals surface area contributed by atoms with Gasteiger partial charge in [-0.05, 0) is 45.6 Å². The van der Waals surface area contributed by atoms with E-state index in [2.05, 4.69) is 5.32 Å². The van der Waals surface area contributed by atoms with E-state index in [1.54, 1.807) is 6.92 Å². The molecule has 0 radical (unpaired) electrons. The number of nitrogens with one attached hydrogen (secondary N) is 1. The molecule has 0 heterocycles. The minimum Gasteiger partial charge on any atom is -0.480 e. The molecule has 0 fully saturated rings. The van der Waals surface area contributed by atoms with Crippen LogP contribution in [0.1, 0.15) is 52.4 Å². The highest BCUT2D eigenvalue weighted by molar-refractivity contribution is 5.78. The molecule has 0 aliphatic rings. The molecular formula is C14H26F3NO3. The van der Waals surface area contributed by atoms with Crippen LogP contribution < -0.4 is 5.32 Å². The van der Waals surface area contributed by atoms with Gasteiger partial charge in [-0.2, -0.15) is 13.2 Å². The Hall–Kier alpha value is -0.820. The van der Waals surface area contributed by atoms with Gasteiger partial charge in [0.25, 0.3) is 0 Å². The number of hydrogen-bond donors (Lipinski definition) is 2. The largest absolute Gasteiger partial charge is 0.480 e. The van der Waals surface area contributed by atoms with Crippen LogP contribution in [-0.2, 0) is 9.53 Å². The second-order valence-electron chi connectivity index (χ2n) is 5.35. The number of alkyl halides is 3. The molecule has 1 unspecified atom stereocenters. The van der Waals surface area contributed by atoms with E-state index in [9.17, 15) is 23.1 Å². The van der Waals surface area contributed by atoms with Crippen LogP contribution in [0.2, 0.25) is 0 Å². The number of hydrogen-bond acceptors (Lipinski definition) is 3. The van der Waals surface area contributed by atoms with Crippen molar-refractivity contribution in [3.63, 3.8) is 0 Å². The van der Waals surface area contributed by atoms with Crippen molar-refractivity contribution in [2.45, 2.75) is 64.1 Å². The van der Waals surface area contributed by atoms with Gasteiger partial charge in [0.05, 0.1) is 0 Å². The maximum absolute atomic E-state index is 11.9. The van der Waals surface area contributed by atoms with E-state index in [-0.39, 0.29) is 13.0 Å². The predicted octanol–water partition coefficient (Wildman–Crippen LogP) is 3.36. The maximum Gasteiger partial charge on any atom is 0.389 e.